The molecule has 1 aromatic carbocycles. The normalized spacial score (nSPS) is 18.0. The van der Waals surface area contributed by atoms with Crippen LogP contribution in [0.2, 0.25) is 0 Å². The van der Waals surface area contributed by atoms with Gasteiger partial charge in [-0.15, -0.1) is 0 Å². The first-order valence-electron chi connectivity index (χ1n) is 6.85. The highest BCUT2D eigenvalue weighted by Gasteiger charge is 2.21. The van der Waals surface area contributed by atoms with Gasteiger partial charge in [-0.05, 0) is 49.9 Å². The van der Waals surface area contributed by atoms with E-state index in [9.17, 15) is 0 Å². The van der Waals surface area contributed by atoms with Crippen LogP contribution in [0, 0.1) is 0 Å². The van der Waals surface area contributed by atoms with Crippen molar-refractivity contribution in [1.29, 1.82) is 0 Å². The lowest BCUT2D eigenvalue weighted by molar-refractivity contribution is 0.646. The number of nitrogens with zero attached hydrogens (tertiary/aromatic N) is 1. The van der Waals surface area contributed by atoms with E-state index in [1.807, 2.05) is 0 Å². The summed E-state index contributed by atoms with van der Waals surface area (Å²) in [6, 6.07) is 7.48. The molecule has 0 radical (unpaired) electrons. The third-order valence-corrected chi connectivity index (χ3v) is 4.33. The van der Waals surface area contributed by atoms with E-state index in [0.717, 1.165) is 10.9 Å². The van der Waals surface area contributed by atoms with Gasteiger partial charge in [-0.2, -0.15) is 0 Å². The van der Waals surface area contributed by atoms with E-state index in [0.29, 0.717) is 6.04 Å². The van der Waals surface area contributed by atoms with Gasteiger partial charge in [-0.1, -0.05) is 28.8 Å². The van der Waals surface area contributed by atoms with Crippen LogP contribution in [0.25, 0.3) is 0 Å². The molecular weight excluding hydrogens is 288 g/mol. The standard InChI is InChI=1S/C15H23BrN2/c1-11(17)9-12-10-13(16)7-8-15(12)18(2)14-5-3-4-6-14/h7-8,10-11,14H,3-6,9,17H2,1-2H3. The molecule has 1 aliphatic carbocycles. The summed E-state index contributed by atoms with van der Waals surface area (Å²) in [6.07, 6.45) is 6.32. The molecule has 2 rings (SSSR count). The Morgan fingerprint density at radius 3 is 2.67 bits per heavy atom. The van der Waals surface area contributed by atoms with Crippen molar-refractivity contribution in [2.45, 2.75) is 51.1 Å². The summed E-state index contributed by atoms with van der Waals surface area (Å²) in [4.78, 5) is 2.46. The van der Waals surface area contributed by atoms with Crippen LogP contribution in [-0.2, 0) is 6.42 Å². The maximum Gasteiger partial charge on any atom is 0.0400 e. The Labute approximate surface area is 119 Å². The minimum Gasteiger partial charge on any atom is -0.371 e. The number of halogens is 1. The van der Waals surface area contributed by atoms with Crippen molar-refractivity contribution in [1.82, 2.24) is 0 Å². The second-order valence-corrected chi connectivity index (χ2v) is 6.42. The highest BCUT2D eigenvalue weighted by atomic mass is 79.9. The van der Waals surface area contributed by atoms with E-state index in [2.05, 4.69) is 53.0 Å². The lowest BCUT2D eigenvalue weighted by Gasteiger charge is -2.29. The molecule has 0 heterocycles. The average Bonchev–Trinajstić information content (AvgIpc) is 2.81. The molecule has 1 atom stereocenters. The van der Waals surface area contributed by atoms with Crippen molar-refractivity contribution in [2.24, 2.45) is 5.73 Å². The maximum absolute atomic E-state index is 5.96. The van der Waals surface area contributed by atoms with Crippen LogP contribution < -0.4 is 10.6 Å². The van der Waals surface area contributed by atoms with Crippen molar-refractivity contribution in [2.75, 3.05) is 11.9 Å². The van der Waals surface area contributed by atoms with Gasteiger partial charge in [0.05, 0.1) is 0 Å². The number of anilines is 1. The summed E-state index contributed by atoms with van der Waals surface area (Å²) in [5.41, 5.74) is 8.67. The fourth-order valence-electron chi connectivity index (χ4n) is 2.90. The van der Waals surface area contributed by atoms with E-state index in [1.54, 1.807) is 0 Å². The number of benzene rings is 1. The molecule has 0 saturated heterocycles. The number of nitrogens with two attached hydrogens (primary N) is 1. The van der Waals surface area contributed by atoms with E-state index in [4.69, 9.17) is 5.73 Å². The molecule has 1 fully saturated rings. The van der Waals surface area contributed by atoms with Gasteiger partial charge in [0.2, 0.25) is 0 Å². The summed E-state index contributed by atoms with van der Waals surface area (Å²) in [6.45, 7) is 2.07. The van der Waals surface area contributed by atoms with Gasteiger partial charge in [0.15, 0.2) is 0 Å². The quantitative estimate of drug-likeness (QED) is 0.918. The molecule has 0 amide bonds. The Morgan fingerprint density at radius 1 is 1.39 bits per heavy atom. The van der Waals surface area contributed by atoms with Crippen LogP contribution in [0.3, 0.4) is 0 Å². The summed E-state index contributed by atoms with van der Waals surface area (Å²) in [7, 11) is 2.23. The van der Waals surface area contributed by atoms with Gasteiger partial charge in [0.25, 0.3) is 0 Å². The molecule has 1 unspecified atom stereocenters. The minimum absolute atomic E-state index is 0.204. The molecule has 100 valence electrons. The first-order chi connectivity index (χ1) is 8.58. The van der Waals surface area contributed by atoms with Crippen molar-refractivity contribution in [3.05, 3.63) is 28.2 Å². The second kappa shape index (κ2) is 6.07. The van der Waals surface area contributed by atoms with Crippen LogP contribution >= 0.6 is 15.9 Å². The van der Waals surface area contributed by atoms with Crippen LogP contribution in [0.4, 0.5) is 5.69 Å². The van der Waals surface area contributed by atoms with Gasteiger partial charge < -0.3 is 10.6 Å². The van der Waals surface area contributed by atoms with E-state index in [1.165, 1.54) is 36.9 Å². The van der Waals surface area contributed by atoms with Crippen molar-refractivity contribution < 1.29 is 0 Å². The Balaban J connectivity index is 2.24. The molecule has 0 aromatic heterocycles. The van der Waals surface area contributed by atoms with Gasteiger partial charge >= 0.3 is 0 Å². The smallest absolute Gasteiger partial charge is 0.0400 e. The molecule has 2 nitrogen and oxygen atoms in total. The zero-order chi connectivity index (χ0) is 13.1. The zero-order valence-corrected chi connectivity index (χ0v) is 12.9. The Bertz CT molecular complexity index is 397. The lowest BCUT2D eigenvalue weighted by atomic mass is 10.0. The highest BCUT2D eigenvalue weighted by molar-refractivity contribution is 9.10. The first-order valence-corrected chi connectivity index (χ1v) is 7.64. The largest absolute Gasteiger partial charge is 0.371 e. The fraction of sp³-hybridized carbons (Fsp3) is 0.600. The van der Waals surface area contributed by atoms with Gasteiger partial charge in [-0.3, -0.25) is 0 Å². The van der Waals surface area contributed by atoms with Crippen molar-refractivity contribution >= 4 is 21.6 Å². The molecule has 3 heteroatoms. The third kappa shape index (κ3) is 3.27. The number of hydrogen-bond donors (Lipinski definition) is 1. The zero-order valence-electron chi connectivity index (χ0n) is 11.3. The third-order valence-electron chi connectivity index (χ3n) is 3.84. The van der Waals surface area contributed by atoms with Crippen LogP contribution in [0.1, 0.15) is 38.2 Å². The maximum atomic E-state index is 5.96. The molecule has 1 aliphatic rings. The Hall–Kier alpha value is -0.540. The van der Waals surface area contributed by atoms with E-state index >= 15 is 0 Å². The molecular formula is C15H23BrN2. The van der Waals surface area contributed by atoms with Gasteiger partial charge in [0, 0.05) is 29.3 Å². The lowest BCUT2D eigenvalue weighted by Crippen LogP contribution is -2.30. The number of hydrogen-bond acceptors (Lipinski definition) is 2. The van der Waals surface area contributed by atoms with Crippen LogP contribution in [0.15, 0.2) is 22.7 Å². The molecule has 1 saturated carbocycles. The summed E-state index contributed by atoms with van der Waals surface area (Å²) in [5, 5.41) is 0. The molecule has 0 bridgehead atoms. The Kier molecular flexibility index (Phi) is 4.68. The van der Waals surface area contributed by atoms with E-state index < -0.39 is 0 Å². The molecule has 0 spiro atoms. The van der Waals surface area contributed by atoms with Crippen molar-refractivity contribution in [3.63, 3.8) is 0 Å². The summed E-state index contributed by atoms with van der Waals surface area (Å²) >= 11 is 3.56. The average molecular weight is 311 g/mol. The predicted octanol–water partition coefficient (Wildman–Crippen LogP) is 3.72. The van der Waals surface area contributed by atoms with Crippen molar-refractivity contribution in [3.8, 4) is 0 Å². The van der Waals surface area contributed by atoms with Crippen LogP contribution in [0.5, 0.6) is 0 Å². The fourth-order valence-corrected chi connectivity index (χ4v) is 3.31. The van der Waals surface area contributed by atoms with Gasteiger partial charge in [-0.25, -0.2) is 0 Å². The Morgan fingerprint density at radius 2 is 2.06 bits per heavy atom. The second-order valence-electron chi connectivity index (χ2n) is 5.50. The summed E-state index contributed by atoms with van der Waals surface area (Å²) in [5.74, 6) is 0. The molecule has 18 heavy (non-hydrogen) atoms. The van der Waals surface area contributed by atoms with E-state index in [-0.39, 0.29) is 6.04 Å². The highest BCUT2D eigenvalue weighted by Crippen LogP contribution is 2.31. The molecule has 2 N–H and O–H groups in total. The SMILES string of the molecule is CC(N)Cc1cc(Br)ccc1N(C)C1CCCC1. The first kappa shape index (κ1) is 13.9. The topological polar surface area (TPSA) is 29.3 Å². The minimum atomic E-state index is 0.204. The molecule has 1 aromatic rings. The molecule has 0 aliphatic heterocycles. The number of rotatable bonds is 4. The van der Waals surface area contributed by atoms with Gasteiger partial charge in [0.1, 0.15) is 0 Å². The summed E-state index contributed by atoms with van der Waals surface area (Å²) < 4.78 is 1.14. The monoisotopic (exact) mass is 310 g/mol. The van der Waals surface area contributed by atoms with Crippen LogP contribution in [-0.4, -0.2) is 19.1 Å². The predicted molar refractivity (Wildman–Crippen MR) is 82.2 cm³/mol.